The smallest absolute Gasteiger partial charge is 0.194 e. The number of hydrogen-bond acceptors (Lipinski definition) is 0. The molecule has 6 aromatic rings. The molecule has 0 saturated heterocycles. The second-order valence-corrected chi connectivity index (χ2v) is 40.9. The molecule has 6 aromatic carbocycles. The van der Waals surface area contributed by atoms with Gasteiger partial charge in [0.25, 0.3) is 0 Å². The SMILES string of the molecule is [C-]#[N+]c1c(C(C)(C)C)cc(C)cc1C(C)(C)C.[C-]#[N+]c1c(C(C)(C)C)cc(C)cc1C(C)(C)C.[C-]#[N+]c1c(C(C)(C)C)cc(C)cc1C(C)(C)C.[C-]#[N+]c1c(C(C)(C)C)cc(C)cc1C(C)(C)C.[C-]#[N+]c1c(C(C)(C)C)cc(C)cc1C(C)(C)C.[C-]#[N+]c1c(C(C)(C)C)cc(C)cc1C(C)(C)C.[Mo]. The zero-order chi connectivity index (χ0) is 80.6. The van der Waals surface area contributed by atoms with E-state index < -0.39 is 0 Å². The molecular weight excluding hydrogens is 1330 g/mol. The summed E-state index contributed by atoms with van der Waals surface area (Å²) >= 11 is 0. The summed E-state index contributed by atoms with van der Waals surface area (Å²) in [5, 5.41) is 0. The van der Waals surface area contributed by atoms with Gasteiger partial charge in [-0.25, -0.2) is 29.1 Å². The summed E-state index contributed by atoms with van der Waals surface area (Å²) in [6.45, 7) is 136. The summed E-state index contributed by atoms with van der Waals surface area (Å²) in [6, 6.07) is 25.9. The van der Waals surface area contributed by atoms with Crippen molar-refractivity contribution in [3.05, 3.63) is 241 Å². The summed E-state index contributed by atoms with van der Waals surface area (Å²) < 4.78 is 0. The average molecular weight is 1470 g/mol. The van der Waals surface area contributed by atoms with Gasteiger partial charge in [-0.3, -0.25) is 0 Å². The zero-order valence-corrected chi connectivity index (χ0v) is 75.0. The molecule has 6 rings (SSSR count). The van der Waals surface area contributed by atoms with Crippen LogP contribution in [0.4, 0.5) is 34.1 Å². The molecule has 6 nitrogen and oxygen atoms in total. The largest absolute Gasteiger partial charge is 0.238 e. The molecule has 103 heavy (non-hydrogen) atoms. The van der Waals surface area contributed by atoms with Gasteiger partial charge in [0.15, 0.2) is 34.1 Å². The van der Waals surface area contributed by atoms with E-state index in [0.717, 1.165) is 101 Å². The van der Waals surface area contributed by atoms with E-state index in [1.807, 2.05) is 0 Å². The van der Waals surface area contributed by atoms with Crippen LogP contribution in [0.1, 0.15) is 349 Å². The second kappa shape index (κ2) is 34.9. The third-order valence-electron chi connectivity index (χ3n) is 17.9. The number of rotatable bonds is 0. The Hall–Kier alpha value is -7.05. The summed E-state index contributed by atoms with van der Waals surface area (Å²) in [5.74, 6) is 0. The molecule has 0 aliphatic carbocycles. The molecule has 0 unspecified atom stereocenters. The number of nitrogens with zero attached hydrogens (tertiary/aromatic N) is 6. The first-order valence-corrected chi connectivity index (χ1v) is 36.6. The molecular formula is C96H138MoN6. The van der Waals surface area contributed by atoms with Crippen molar-refractivity contribution >= 4 is 34.1 Å². The van der Waals surface area contributed by atoms with Gasteiger partial charge in [-0.1, -0.05) is 355 Å². The van der Waals surface area contributed by atoms with Gasteiger partial charge in [0.05, 0.1) is 39.4 Å². The van der Waals surface area contributed by atoms with Crippen LogP contribution in [-0.4, -0.2) is 0 Å². The molecule has 0 aromatic heterocycles. The Morgan fingerprint density at radius 2 is 0.214 bits per heavy atom. The maximum atomic E-state index is 7.48. The number of benzene rings is 6. The maximum Gasteiger partial charge on any atom is 0.194 e. The fraction of sp³-hybridized carbons (Fsp3) is 0.562. The molecule has 0 bridgehead atoms. The molecule has 0 saturated carbocycles. The van der Waals surface area contributed by atoms with Crippen molar-refractivity contribution < 1.29 is 21.1 Å². The summed E-state index contributed by atoms with van der Waals surface area (Å²) in [5.41, 5.74) is 26.7. The van der Waals surface area contributed by atoms with Gasteiger partial charge in [-0.05, 0) is 173 Å². The Morgan fingerprint density at radius 1 is 0.155 bits per heavy atom. The van der Waals surface area contributed by atoms with Crippen LogP contribution in [0, 0.1) is 81.0 Å². The van der Waals surface area contributed by atoms with E-state index in [4.69, 9.17) is 39.4 Å². The minimum Gasteiger partial charge on any atom is -0.238 e. The maximum absolute atomic E-state index is 7.48. The van der Waals surface area contributed by atoms with Crippen LogP contribution in [0.5, 0.6) is 0 Å². The predicted molar refractivity (Wildman–Crippen MR) is 449 cm³/mol. The Morgan fingerprint density at radius 3 is 0.252 bits per heavy atom. The van der Waals surface area contributed by atoms with E-state index in [1.54, 1.807) is 0 Å². The van der Waals surface area contributed by atoms with Crippen LogP contribution in [0.15, 0.2) is 72.8 Å². The quantitative estimate of drug-likeness (QED) is 0.107. The van der Waals surface area contributed by atoms with Gasteiger partial charge in [0, 0.05) is 21.1 Å². The van der Waals surface area contributed by atoms with Crippen molar-refractivity contribution in [1.82, 2.24) is 0 Å². The first kappa shape index (κ1) is 95.9. The van der Waals surface area contributed by atoms with Crippen molar-refractivity contribution in [3.63, 3.8) is 0 Å². The van der Waals surface area contributed by atoms with Gasteiger partial charge in [-0.15, -0.1) is 0 Å². The van der Waals surface area contributed by atoms with Crippen LogP contribution >= 0.6 is 0 Å². The molecule has 0 aliphatic rings. The molecule has 0 amide bonds. The van der Waals surface area contributed by atoms with E-state index in [1.165, 1.54) is 33.4 Å². The third kappa shape index (κ3) is 27.4. The predicted octanol–water partition coefficient (Wildman–Crippen LogP) is 30.8. The monoisotopic (exact) mass is 1470 g/mol. The third-order valence-corrected chi connectivity index (χ3v) is 17.9. The Bertz CT molecular complexity index is 3280. The van der Waals surface area contributed by atoms with Crippen molar-refractivity contribution in [2.75, 3.05) is 0 Å². The summed E-state index contributed by atoms with van der Waals surface area (Å²) in [6.07, 6.45) is 0. The fourth-order valence-electron chi connectivity index (χ4n) is 12.3. The van der Waals surface area contributed by atoms with E-state index >= 15 is 0 Å². The van der Waals surface area contributed by atoms with Crippen molar-refractivity contribution in [2.45, 2.75) is 356 Å². The van der Waals surface area contributed by atoms with Gasteiger partial charge < -0.3 is 0 Å². The van der Waals surface area contributed by atoms with Gasteiger partial charge in [-0.2, -0.15) is 0 Å². The Balaban J connectivity index is 0.00000121. The first-order valence-electron chi connectivity index (χ1n) is 36.6. The van der Waals surface area contributed by atoms with Crippen LogP contribution in [-0.2, 0) is 86.0 Å². The molecule has 0 spiro atoms. The first-order chi connectivity index (χ1) is 45.4. The summed E-state index contributed by atoms with van der Waals surface area (Å²) in [7, 11) is 0. The Labute approximate surface area is 648 Å². The topological polar surface area (TPSA) is 26.2 Å². The van der Waals surface area contributed by atoms with Gasteiger partial charge >= 0.3 is 0 Å². The number of aryl methyl sites for hydroxylation is 6. The van der Waals surface area contributed by atoms with Crippen molar-refractivity contribution in [2.24, 2.45) is 0 Å². The second-order valence-electron chi connectivity index (χ2n) is 40.9. The zero-order valence-electron chi connectivity index (χ0n) is 73.0. The van der Waals surface area contributed by atoms with Crippen molar-refractivity contribution in [1.29, 1.82) is 0 Å². The number of hydrogen-bond donors (Lipinski definition) is 0. The molecule has 0 N–H and O–H groups in total. The van der Waals surface area contributed by atoms with Crippen LogP contribution < -0.4 is 0 Å². The van der Waals surface area contributed by atoms with Crippen LogP contribution in [0.2, 0.25) is 0 Å². The Kier molecular flexibility index (Phi) is 32.5. The van der Waals surface area contributed by atoms with Gasteiger partial charge in [0.2, 0.25) is 0 Å². The fourth-order valence-corrected chi connectivity index (χ4v) is 12.3. The van der Waals surface area contributed by atoms with E-state index in [9.17, 15) is 0 Å². The molecule has 0 fully saturated rings. The normalized spacial score (nSPS) is 12.2. The summed E-state index contributed by atoms with van der Waals surface area (Å²) in [4.78, 5) is 22.8. The van der Waals surface area contributed by atoms with E-state index in [-0.39, 0.29) is 86.0 Å². The molecule has 0 heterocycles. The molecule has 7 heteroatoms. The molecule has 0 radical (unpaired) electrons. The molecule has 0 atom stereocenters. The van der Waals surface area contributed by atoms with Crippen molar-refractivity contribution in [3.8, 4) is 0 Å². The van der Waals surface area contributed by atoms with Crippen LogP contribution in [0.25, 0.3) is 29.1 Å². The van der Waals surface area contributed by atoms with Gasteiger partial charge in [0.1, 0.15) is 0 Å². The van der Waals surface area contributed by atoms with E-state index in [2.05, 4.69) is 393 Å². The molecule has 0 aliphatic heterocycles. The van der Waals surface area contributed by atoms with Crippen LogP contribution in [0.3, 0.4) is 0 Å². The standard InChI is InChI=1S/6C16H23N.Mo/c6*1-11-9-12(15(2,3)4)14(17-8)13(10-11)16(5,6)7;/h6*9-10H,1-7H3;. The molecule has 558 valence electrons. The minimum absolute atomic E-state index is 0. The average Bonchev–Trinajstić information content (AvgIpc) is 0.824. The van der Waals surface area contributed by atoms with E-state index in [0.29, 0.717) is 0 Å². The minimum atomic E-state index is 0.